The first-order chi connectivity index (χ1) is 36.1. The van der Waals surface area contributed by atoms with Crippen molar-refractivity contribution in [2.24, 2.45) is 11.3 Å². The van der Waals surface area contributed by atoms with Crippen LogP contribution in [-0.4, -0.2) is 151 Å². The Kier molecular flexibility index (Phi) is 16.5. The van der Waals surface area contributed by atoms with Crippen LogP contribution in [0.15, 0.2) is 36.5 Å². The van der Waals surface area contributed by atoms with Crippen molar-refractivity contribution in [2.45, 2.75) is 109 Å². The molecule has 408 valence electrons. The van der Waals surface area contributed by atoms with Gasteiger partial charge in [0.05, 0.1) is 42.2 Å². The topological polar surface area (TPSA) is 254 Å². The molecule has 2 unspecified atom stereocenters. The number of piperidine rings is 2. The summed E-state index contributed by atoms with van der Waals surface area (Å²) in [6, 6.07) is 5.11. The number of amides is 8. The third-order valence-corrected chi connectivity index (χ3v) is 14.6. The Morgan fingerprint density at radius 1 is 0.961 bits per heavy atom. The molecule has 76 heavy (non-hydrogen) atoms. The number of halogens is 3. The highest BCUT2D eigenvalue weighted by Crippen LogP contribution is 2.41. The van der Waals surface area contributed by atoms with Gasteiger partial charge in [-0.2, -0.15) is 13.8 Å². The fourth-order valence-corrected chi connectivity index (χ4v) is 10.6. The van der Waals surface area contributed by atoms with Crippen LogP contribution in [0.2, 0.25) is 0 Å². The van der Waals surface area contributed by atoms with Crippen molar-refractivity contribution in [3.8, 4) is 11.5 Å². The number of ether oxygens (including phenoxy) is 2. The van der Waals surface area contributed by atoms with E-state index in [9.17, 15) is 38.4 Å². The van der Waals surface area contributed by atoms with Gasteiger partial charge in [-0.3, -0.25) is 48.6 Å². The second kappa shape index (κ2) is 22.8. The van der Waals surface area contributed by atoms with Crippen molar-refractivity contribution >= 4 is 70.4 Å². The van der Waals surface area contributed by atoms with Crippen molar-refractivity contribution in [2.75, 3.05) is 75.1 Å². The Morgan fingerprint density at radius 3 is 2.41 bits per heavy atom. The van der Waals surface area contributed by atoms with Crippen LogP contribution in [0, 0.1) is 17.2 Å². The second-order valence-corrected chi connectivity index (χ2v) is 21.0. The molecule has 5 aliphatic rings. The summed E-state index contributed by atoms with van der Waals surface area (Å²) >= 11 is 0. The summed E-state index contributed by atoms with van der Waals surface area (Å²) in [7, 11) is 2.60. The summed E-state index contributed by atoms with van der Waals surface area (Å²) in [5.74, 6) is -9.47. The lowest BCUT2D eigenvalue weighted by molar-refractivity contribution is -0.140. The maximum atomic E-state index is 15.7. The number of imide groups is 2. The monoisotopic (exact) mass is 1060 g/mol. The molecule has 24 heteroatoms. The summed E-state index contributed by atoms with van der Waals surface area (Å²) in [6.45, 7) is 7.13. The Bertz CT molecular complexity index is 2780. The summed E-state index contributed by atoms with van der Waals surface area (Å²) in [4.78, 5) is 117. The van der Waals surface area contributed by atoms with Gasteiger partial charge >= 0.3 is 5.92 Å². The first-order valence-corrected chi connectivity index (χ1v) is 25.6. The number of nitrogens with zero attached hydrogens (tertiary/aromatic N) is 6. The van der Waals surface area contributed by atoms with Crippen LogP contribution < -0.4 is 45.9 Å². The third kappa shape index (κ3) is 12.3. The fraction of sp³-hybridized carbons (Fsp3) is 0.538. The molecule has 5 heterocycles. The maximum Gasteiger partial charge on any atom is 0.342 e. The molecule has 4 aliphatic heterocycles. The van der Waals surface area contributed by atoms with Crippen LogP contribution in [0.4, 0.5) is 36.3 Å². The van der Waals surface area contributed by atoms with Crippen LogP contribution in [0.3, 0.4) is 0 Å². The number of rotatable bonds is 19. The molecule has 0 radical (unpaired) electrons. The van der Waals surface area contributed by atoms with Gasteiger partial charge in [0, 0.05) is 70.8 Å². The highest BCUT2D eigenvalue weighted by molar-refractivity contribution is 6.24. The molecule has 8 amide bonds. The molecule has 2 atom stereocenters. The molecule has 1 saturated carbocycles. The van der Waals surface area contributed by atoms with E-state index in [1.54, 1.807) is 0 Å². The van der Waals surface area contributed by atoms with E-state index in [-0.39, 0.29) is 99.9 Å². The van der Waals surface area contributed by atoms with E-state index < -0.39 is 72.3 Å². The lowest BCUT2D eigenvalue weighted by Crippen LogP contribution is -2.54. The zero-order valence-corrected chi connectivity index (χ0v) is 43.2. The Hall–Kier alpha value is -7.37. The van der Waals surface area contributed by atoms with E-state index in [1.165, 1.54) is 49.5 Å². The Labute approximate surface area is 437 Å². The molecule has 8 rings (SSSR count). The van der Waals surface area contributed by atoms with E-state index in [2.05, 4.69) is 41.5 Å². The molecule has 3 fully saturated rings. The van der Waals surface area contributed by atoms with Gasteiger partial charge < -0.3 is 45.4 Å². The minimum Gasteiger partial charge on any atom is -0.495 e. The number of carbonyl (C=O) groups is 8. The lowest BCUT2D eigenvalue weighted by Gasteiger charge is -2.32. The van der Waals surface area contributed by atoms with E-state index in [0.717, 1.165) is 28.7 Å². The summed E-state index contributed by atoms with van der Waals surface area (Å²) in [6.07, 6.45) is 6.36. The zero-order chi connectivity index (χ0) is 54.6. The molecule has 0 bridgehead atoms. The fourth-order valence-electron chi connectivity index (χ4n) is 10.6. The number of fused-ring (bicyclic) bond motifs is 2. The Morgan fingerprint density at radius 2 is 1.70 bits per heavy atom. The van der Waals surface area contributed by atoms with Crippen LogP contribution >= 0.6 is 0 Å². The van der Waals surface area contributed by atoms with Gasteiger partial charge in [-0.15, -0.1) is 0 Å². The maximum absolute atomic E-state index is 15.7. The minimum absolute atomic E-state index is 0.00766. The van der Waals surface area contributed by atoms with Crippen LogP contribution in [0.25, 0.3) is 0 Å². The summed E-state index contributed by atoms with van der Waals surface area (Å²) < 4.78 is 57.1. The number of aromatic nitrogens is 2. The average Bonchev–Trinajstić information content (AvgIpc) is 4.01. The largest absolute Gasteiger partial charge is 0.495 e. The SMILES string of the molecule is COc1cc(C(=O)NC2CCN(CCC(=O)NCC(C)(C)CC(C)CNC(=O)COc3cccc4c3C(=O)N(C3CCC(=O)NC3=O)C4=O)CC2)c(F)cc1Nc1ncc2c(n1)N(C1CCCC1)CC(F)(F)C(=O)N2C. The Balaban J connectivity index is 0.742. The number of likely N-dealkylation sites (tertiary alicyclic amines) is 1. The van der Waals surface area contributed by atoms with Crippen molar-refractivity contribution < 1.29 is 61.0 Å². The number of hydrogen-bond donors (Lipinski definition) is 5. The standard InChI is InChI=1S/C52H64F3N11O10/c1-29(24-56-42(69)26-76-38-12-8-11-32-43(38)48(73)66(47(32)72)36-13-14-41(68)61-46(36)71)23-51(2,3)27-58-40(67)17-20-64-18-15-30(16-19-64)59-45(70)33-21-39(75-5)35(22-34(33)53)60-50-57-25-37-44(62-50)65(31-9-6-7-10-31)28-52(54,55)49(74)63(37)4/h8,11-12,21-22,25,29-31,36H,6-7,9-10,13-20,23-24,26-28H2,1-5H3,(H,56,69)(H,58,67)(H,59,70)(H,57,60,62)(H,61,68,71). The molecule has 2 saturated heterocycles. The third-order valence-electron chi connectivity index (χ3n) is 14.6. The van der Waals surface area contributed by atoms with Crippen LogP contribution in [0.1, 0.15) is 116 Å². The summed E-state index contributed by atoms with van der Waals surface area (Å²) in [5.41, 5.74) is -0.371. The molecule has 3 aromatic rings. The molecule has 1 aromatic heterocycles. The first kappa shape index (κ1) is 54.9. The van der Waals surface area contributed by atoms with E-state index in [1.807, 2.05) is 20.8 Å². The van der Waals surface area contributed by atoms with Crippen molar-refractivity contribution in [1.82, 2.24) is 41.0 Å². The minimum atomic E-state index is -3.65. The molecule has 21 nitrogen and oxygen atoms in total. The van der Waals surface area contributed by atoms with Gasteiger partial charge in [0.1, 0.15) is 29.0 Å². The van der Waals surface area contributed by atoms with E-state index in [0.29, 0.717) is 64.8 Å². The molecule has 1 aliphatic carbocycles. The van der Waals surface area contributed by atoms with Gasteiger partial charge in [-0.05, 0) is 68.1 Å². The number of anilines is 4. The predicted octanol–water partition coefficient (Wildman–Crippen LogP) is 4.08. The lowest BCUT2D eigenvalue weighted by atomic mass is 9.83. The number of carbonyl (C=O) groups excluding carboxylic acids is 8. The van der Waals surface area contributed by atoms with Gasteiger partial charge in [0.25, 0.3) is 29.5 Å². The van der Waals surface area contributed by atoms with E-state index >= 15 is 13.2 Å². The number of methoxy groups -OCH3 is 1. The van der Waals surface area contributed by atoms with E-state index in [4.69, 9.17) is 9.47 Å². The molecule has 0 spiro atoms. The number of benzene rings is 2. The van der Waals surface area contributed by atoms with Crippen molar-refractivity contribution in [1.29, 1.82) is 0 Å². The van der Waals surface area contributed by atoms with Crippen LogP contribution in [-0.2, 0) is 24.0 Å². The highest BCUT2D eigenvalue weighted by atomic mass is 19.3. The normalized spacial score (nSPS) is 19.7. The van der Waals surface area contributed by atoms with Gasteiger partial charge in [0.15, 0.2) is 12.4 Å². The molecular weight excluding hydrogens is 996 g/mol. The summed E-state index contributed by atoms with van der Waals surface area (Å²) in [5, 5.41) is 13.8. The number of nitrogens with one attached hydrogen (secondary N) is 5. The molecular formula is C52H64F3N11O10. The van der Waals surface area contributed by atoms with Gasteiger partial charge in [0.2, 0.25) is 23.7 Å². The first-order valence-electron chi connectivity index (χ1n) is 25.6. The van der Waals surface area contributed by atoms with Crippen molar-refractivity contribution in [3.63, 3.8) is 0 Å². The number of hydrogen-bond acceptors (Lipinski definition) is 15. The molecule has 2 aromatic carbocycles. The molecule has 5 N–H and O–H groups in total. The second-order valence-electron chi connectivity index (χ2n) is 21.0. The van der Waals surface area contributed by atoms with Crippen LogP contribution in [0.5, 0.6) is 11.5 Å². The van der Waals surface area contributed by atoms with Crippen molar-refractivity contribution in [3.05, 3.63) is 59.0 Å². The van der Waals surface area contributed by atoms with Gasteiger partial charge in [-0.25, -0.2) is 9.37 Å². The van der Waals surface area contributed by atoms with Gasteiger partial charge in [-0.1, -0.05) is 39.7 Å². The number of alkyl halides is 2. The average molecular weight is 1060 g/mol. The highest BCUT2D eigenvalue weighted by Gasteiger charge is 2.49. The predicted molar refractivity (Wildman–Crippen MR) is 270 cm³/mol. The quantitative estimate of drug-likeness (QED) is 0.106. The smallest absolute Gasteiger partial charge is 0.342 e. The zero-order valence-electron chi connectivity index (χ0n) is 43.2.